The topological polar surface area (TPSA) is 107 Å². The maximum Gasteiger partial charge on any atom is 0.355 e. The predicted molar refractivity (Wildman–Crippen MR) is 140 cm³/mol. The lowest BCUT2D eigenvalue weighted by molar-refractivity contribution is -0.174. The van der Waals surface area contributed by atoms with Crippen LogP contribution in [0, 0.1) is 11.8 Å². The molecule has 0 saturated heterocycles. The Morgan fingerprint density at radius 1 is 0.750 bits per heavy atom. The molecule has 0 aliphatic heterocycles. The smallest absolute Gasteiger partial charge is 0.355 e. The summed E-state index contributed by atoms with van der Waals surface area (Å²) in [5.74, 6) is -3.43. The summed E-state index contributed by atoms with van der Waals surface area (Å²) in [6.07, 6.45) is 9.98. The summed E-state index contributed by atoms with van der Waals surface area (Å²) in [4.78, 5) is 46.1. The summed E-state index contributed by atoms with van der Waals surface area (Å²) >= 11 is 0. The molecule has 0 bridgehead atoms. The van der Waals surface area contributed by atoms with E-state index in [0.717, 1.165) is 18.4 Å². The van der Waals surface area contributed by atoms with Gasteiger partial charge in [-0.05, 0) is 12.0 Å². The first kappa shape index (κ1) is 33.3. The fourth-order valence-corrected chi connectivity index (χ4v) is 3.17. The second-order valence-corrected chi connectivity index (χ2v) is 9.59. The van der Waals surface area contributed by atoms with Crippen LogP contribution in [-0.2, 0) is 35.3 Å². The Labute approximate surface area is 216 Å². The molecule has 0 aliphatic rings. The maximum absolute atomic E-state index is 12.1. The van der Waals surface area contributed by atoms with Gasteiger partial charge in [0.15, 0.2) is 5.78 Å². The lowest BCUT2D eigenvalue weighted by Gasteiger charge is -2.18. The third kappa shape index (κ3) is 16.8. The summed E-state index contributed by atoms with van der Waals surface area (Å²) in [5, 5.41) is 8.41. The molecular formula is C29H46O7. The number of carbonyl (C=O) groups is 4. The van der Waals surface area contributed by atoms with Gasteiger partial charge in [-0.25, -0.2) is 4.79 Å². The predicted octanol–water partition coefficient (Wildman–Crippen LogP) is 6.51. The minimum Gasteiger partial charge on any atom is -0.481 e. The Morgan fingerprint density at radius 3 is 1.75 bits per heavy atom. The van der Waals surface area contributed by atoms with Crippen molar-refractivity contribution in [3.05, 3.63) is 35.9 Å². The number of unbranched alkanes of at least 4 members (excludes halogenated alkanes) is 8. The van der Waals surface area contributed by atoms with Gasteiger partial charge in [0.2, 0.25) is 0 Å². The highest BCUT2D eigenvalue weighted by Gasteiger charge is 2.34. The molecule has 0 radical (unpaired) electrons. The van der Waals surface area contributed by atoms with Gasteiger partial charge in [0.05, 0.1) is 5.92 Å². The van der Waals surface area contributed by atoms with E-state index in [1.165, 1.54) is 44.9 Å². The van der Waals surface area contributed by atoms with Crippen LogP contribution < -0.4 is 0 Å². The summed E-state index contributed by atoms with van der Waals surface area (Å²) in [7, 11) is 0. The second kappa shape index (κ2) is 20.5. The number of carboxylic acids is 1. The molecule has 0 aliphatic carbocycles. The van der Waals surface area contributed by atoms with Crippen molar-refractivity contribution in [2.75, 3.05) is 0 Å². The molecule has 1 rings (SSSR count). The highest BCUT2D eigenvalue weighted by atomic mass is 16.6. The zero-order chi connectivity index (χ0) is 27.3. The zero-order valence-corrected chi connectivity index (χ0v) is 22.8. The molecule has 0 heterocycles. The van der Waals surface area contributed by atoms with E-state index in [9.17, 15) is 19.2 Å². The van der Waals surface area contributed by atoms with Crippen molar-refractivity contribution in [2.24, 2.45) is 11.8 Å². The van der Waals surface area contributed by atoms with E-state index in [-0.39, 0.29) is 6.61 Å². The van der Waals surface area contributed by atoms with Crippen LogP contribution in [0.1, 0.15) is 104 Å². The van der Waals surface area contributed by atoms with Crippen LogP contribution in [-0.4, -0.2) is 34.9 Å². The lowest BCUT2D eigenvalue weighted by atomic mass is 10.0. The van der Waals surface area contributed by atoms with Gasteiger partial charge >= 0.3 is 17.9 Å². The molecule has 0 spiro atoms. The number of ketones is 1. The summed E-state index contributed by atoms with van der Waals surface area (Å²) in [5.41, 5.74) is 0.793. The Kier molecular flexibility index (Phi) is 19.0. The number of hydrogen-bond acceptors (Lipinski definition) is 6. The van der Waals surface area contributed by atoms with Crippen LogP contribution >= 0.6 is 0 Å². The number of esters is 2. The van der Waals surface area contributed by atoms with Crippen molar-refractivity contribution in [3.63, 3.8) is 0 Å². The molecule has 1 N–H and O–H groups in total. The SMILES string of the molecule is CC(C)C(=O)OC(C(=O)OCc1ccccc1)C(=O)C(C)C.CCCCCCCCCCCC(=O)O. The quantitative estimate of drug-likeness (QED) is 0.146. The second-order valence-electron chi connectivity index (χ2n) is 9.59. The van der Waals surface area contributed by atoms with Gasteiger partial charge in [-0.1, -0.05) is 116 Å². The standard InChI is InChI=1S/C17H22O5.C12H24O2/c1-11(2)14(18)15(22-16(19)12(3)4)17(20)21-10-13-8-6-5-7-9-13;1-2-3-4-5-6-7-8-9-10-11-12(13)14/h5-9,11-12,15H,10H2,1-4H3;2-11H2,1H3,(H,13,14). The van der Waals surface area contributed by atoms with E-state index in [2.05, 4.69) is 6.92 Å². The molecule has 1 aromatic carbocycles. The number of carboxylic acid groups (broad SMARTS) is 1. The molecular weight excluding hydrogens is 460 g/mol. The van der Waals surface area contributed by atoms with E-state index in [1.54, 1.807) is 39.8 Å². The summed E-state index contributed by atoms with van der Waals surface area (Å²) < 4.78 is 10.1. The van der Waals surface area contributed by atoms with Crippen LogP contribution in [0.15, 0.2) is 30.3 Å². The van der Waals surface area contributed by atoms with Gasteiger partial charge < -0.3 is 14.6 Å². The molecule has 7 heteroatoms. The number of aliphatic carboxylic acids is 1. The molecule has 7 nitrogen and oxygen atoms in total. The minimum atomic E-state index is -1.50. The fraction of sp³-hybridized carbons (Fsp3) is 0.655. The average molecular weight is 507 g/mol. The van der Waals surface area contributed by atoms with Crippen LogP contribution in [0.4, 0.5) is 0 Å². The Balaban J connectivity index is 0.000000757. The lowest BCUT2D eigenvalue weighted by Crippen LogP contribution is -2.39. The van der Waals surface area contributed by atoms with Crippen molar-refractivity contribution in [2.45, 2.75) is 112 Å². The minimum absolute atomic E-state index is 0.0285. The van der Waals surface area contributed by atoms with Crippen molar-refractivity contribution in [3.8, 4) is 0 Å². The highest BCUT2D eigenvalue weighted by molar-refractivity contribution is 6.04. The van der Waals surface area contributed by atoms with Crippen LogP contribution in [0.3, 0.4) is 0 Å². The first-order valence-electron chi connectivity index (χ1n) is 13.3. The first-order valence-corrected chi connectivity index (χ1v) is 13.3. The molecule has 1 unspecified atom stereocenters. The number of benzene rings is 1. The number of hydrogen-bond donors (Lipinski definition) is 1. The zero-order valence-electron chi connectivity index (χ0n) is 22.8. The van der Waals surface area contributed by atoms with E-state index < -0.39 is 41.6 Å². The Bertz CT molecular complexity index is 756. The normalized spacial score (nSPS) is 11.4. The summed E-state index contributed by atoms with van der Waals surface area (Å²) in [6, 6.07) is 9.08. The van der Waals surface area contributed by atoms with Crippen LogP contribution in [0.5, 0.6) is 0 Å². The van der Waals surface area contributed by atoms with E-state index >= 15 is 0 Å². The van der Waals surface area contributed by atoms with E-state index in [0.29, 0.717) is 6.42 Å². The van der Waals surface area contributed by atoms with E-state index in [4.69, 9.17) is 14.6 Å². The molecule has 0 amide bonds. The number of Topliss-reactive ketones (excluding diaryl/α,β-unsaturated/α-hetero) is 1. The van der Waals surface area contributed by atoms with Gasteiger partial charge in [-0.2, -0.15) is 0 Å². The summed E-state index contributed by atoms with van der Waals surface area (Å²) in [6.45, 7) is 8.81. The maximum atomic E-state index is 12.1. The first-order chi connectivity index (χ1) is 17.1. The highest BCUT2D eigenvalue weighted by Crippen LogP contribution is 2.12. The van der Waals surface area contributed by atoms with Crippen molar-refractivity contribution >= 4 is 23.7 Å². The third-order valence-electron chi connectivity index (χ3n) is 5.47. The van der Waals surface area contributed by atoms with Crippen molar-refractivity contribution in [1.29, 1.82) is 0 Å². The Hall–Kier alpha value is -2.70. The molecule has 0 saturated carbocycles. The number of carbonyl (C=O) groups excluding carboxylic acids is 3. The monoisotopic (exact) mass is 506 g/mol. The average Bonchev–Trinajstić information content (AvgIpc) is 2.85. The van der Waals surface area contributed by atoms with Crippen LogP contribution in [0.2, 0.25) is 0 Å². The van der Waals surface area contributed by atoms with E-state index in [1.807, 2.05) is 18.2 Å². The van der Waals surface area contributed by atoms with Crippen molar-refractivity contribution in [1.82, 2.24) is 0 Å². The van der Waals surface area contributed by atoms with Gasteiger partial charge in [-0.3, -0.25) is 14.4 Å². The largest absolute Gasteiger partial charge is 0.481 e. The molecule has 0 fully saturated rings. The molecule has 204 valence electrons. The molecule has 36 heavy (non-hydrogen) atoms. The van der Waals surface area contributed by atoms with Crippen LogP contribution in [0.25, 0.3) is 0 Å². The molecule has 1 aromatic rings. The number of ether oxygens (including phenoxy) is 2. The van der Waals surface area contributed by atoms with Crippen molar-refractivity contribution < 1.29 is 33.8 Å². The van der Waals surface area contributed by atoms with Gasteiger partial charge in [-0.15, -0.1) is 0 Å². The molecule has 1 atom stereocenters. The fourth-order valence-electron chi connectivity index (χ4n) is 3.17. The van der Waals surface area contributed by atoms with Gasteiger partial charge in [0.1, 0.15) is 6.61 Å². The van der Waals surface area contributed by atoms with Gasteiger partial charge in [0, 0.05) is 12.3 Å². The third-order valence-corrected chi connectivity index (χ3v) is 5.47. The Morgan fingerprint density at radius 2 is 1.28 bits per heavy atom. The number of rotatable bonds is 17. The van der Waals surface area contributed by atoms with Gasteiger partial charge in [0.25, 0.3) is 6.10 Å². The molecule has 0 aromatic heterocycles.